The molecule has 3 heteroatoms. The Morgan fingerprint density at radius 1 is 1.29 bits per heavy atom. The molecule has 1 atom stereocenters. The fourth-order valence-electron chi connectivity index (χ4n) is 1.61. The number of nitrogens with two attached hydrogens (primary N) is 1. The molecule has 96 valence electrons. The highest BCUT2D eigenvalue weighted by Gasteiger charge is 1.99. The van der Waals surface area contributed by atoms with Gasteiger partial charge in [0.05, 0.1) is 6.61 Å². The number of ether oxygens (including phenoxy) is 1. The minimum absolute atomic E-state index is 0.298. The Bertz CT molecular complexity index is 324. The zero-order chi connectivity index (χ0) is 12.7. The maximum Gasteiger partial charge on any atom is 0.121 e. The first kappa shape index (κ1) is 13.8. The summed E-state index contributed by atoms with van der Waals surface area (Å²) in [6.45, 7) is 2.81. The molecule has 0 aromatic heterocycles. The highest BCUT2D eigenvalue weighted by molar-refractivity contribution is 5.49. The summed E-state index contributed by atoms with van der Waals surface area (Å²) >= 11 is 0. The average molecular weight is 236 g/mol. The van der Waals surface area contributed by atoms with E-state index in [1.807, 2.05) is 33.2 Å². The third kappa shape index (κ3) is 5.59. The second-order valence-corrected chi connectivity index (χ2v) is 4.71. The van der Waals surface area contributed by atoms with Crippen LogP contribution in [0.1, 0.15) is 26.2 Å². The molecule has 0 saturated heterocycles. The zero-order valence-electron chi connectivity index (χ0n) is 11.1. The van der Waals surface area contributed by atoms with Crippen molar-refractivity contribution >= 4 is 5.69 Å². The largest absolute Gasteiger partial charge is 0.494 e. The molecule has 3 nitrogen and oxygen atoms in total. The van der Waals surface area contributed by atoms with E-state index in [9.17, 15) is 0 Å². The topological polar surface area (TPSA) is 38.5 Å². The number of nitrogens with zero attached hydrogens (tertiary/aromatic N) is 1. The number of hydrogen-bond acceptors (Lipinski definition) is 3. The molecular weight excluding hydrogens is 212 g/mol. The molecule has 0 amide bonds. The molecule has 1 aromatic carbocycles. The number of unbranched alkanes of at least 4 members (excludes halogenated alkanes) is 1. The van der Waals surface area contributed by atoms with Crippen LogP contribution in [-0.4, -0.2) is 26.7 Å². The maximum atomic E-state index is 5.71. The quantitative estimate of drug-likeness (QED) is 0.740. The van der Waals surface area contributed by atoms with Crippen molar-refractivity contribution in [1.29, 1.82) is 0 Å². The minimum atomic E-state index is 0.298. The number of anilines is 1. The third-order valence-corrected chi connectivity index (χ3v) is 2.66. The van der Waals surface area contributed by atoms with Gasteiger partial charge in [-0.25, -0.2) is 0 Å². The standard InChI is InChI=1S/C14H24N2O/c1-12(15)7-4-5-10-17-14-9-6-8-13(11-14)16(2)3/h6,8-9,11-12H,4-5,7,10,15H2,1-3H3. The van der Waals surface area contributed by atoms with Gasteiger partial charge in [0.2, 0.25) is 0 Å². The van der Waals surface area contributed by atoms with Gasteiger partial charge < -0.3 is 15.4 Å². The first-order valence-corrected chi connectivity index (χ1v) is 6.25. The Morgan fingerprint density at radius 2 is 2.06 bits per heavy atom. The summed E-state index contributed by atoms with van der Waals surface area (Å²) in [5, 5.41) is 0. The van der Waals surface area contributed by atoms with Crippen LogP contribution < -0.4 is 15.4 Å². The van der Waals surface area contributed by atoms with Crippen molar-refractivity contribution in [3.8, 4) is 5.75 Å². The van der Waals surface area contributed by atoms with Gasteiger partial charge in [-0.15, -0.1) is 0 Å². The number of rotatable bonds is 7. The summed E-state index contributed by atoms with van der Waals surface area (Å²) in [5.74, 6) is 0.942. The third-order valence-electron chi connectivity index (χ3n) is 2.66. The molecule has 0 spiro atoms. The lowest BCUT2D eigenvalue weighted by Crippen LogP contribution is -2.14. The van der Waals surface area contributed by atoms with Gasteiger partial charge in [-0.05, 0) is 38.3 Å². The van der Waals surface area contributed by atoms with Crippen LogP contribution in [0.3, 0.4) is 0 Å². The Labute approximate surface area is 105 Å². The molecule has 2 N–H and O–H groups in total. The predicted octanol–water partition coefficient (Wildman–Crippen LogP) is 2.65. The van der Waals surface area contributed by atoms with Crippen molar-refractivity contribution in [1.82, 2.24) is 0 Å². The monoisotopic (exact) mass is 236 g/mol. The van der Waals surface area contributed by atoms with Gasteiger partial charge in [0.25, 0.3) is 0 Å². The van der Waals surface area contributed by atoms with Crippen LogP contribution in [0.25, 0.3) is 0 Å². The second kappa shape index (κ2) is 7.17. The minimum Gasteiger partial charge on any atom is -0.494 e. The molecule has 1 unspecified atom stereocenters. The van der Waals surface area contributed by atoms with E-state index in [2.05, 4.69) is 17.0 Å². The van der Waals surface area contributed by atoms with Crippen LogP contribution in [0.4, 0.5) is 5.69 Å². The Hall–Kier alpha value is -1.22. The molecule has 0 fully saturated rings. The van der Waals surface area contributed by atoms with E-state index >= 15 is 0 Å². The molecule has 0 bridgehead atoms. The number of hydrogen-bond donors (Lipinski definition) is 1. The van der Waals surface area contributed by atoms with Crippen molar-refractivity contribution in [2.45, 2.75) is 32.2 Å². The van der Waals surface area contributed by atoms with Gasteiger partial charge in [-0.1, -0.05) is 6.07 Å². The van der Waals surface area contributed by atoms with Crippen LogP contribution in [0, 0.1) is 0 Å². The predicted molar refractivity (Wildman–Crippen MR) is 73.8 cm³/mol. The van der Waals surface area contributed by atoms with Crippen LogP contribution in [-0.2, 0) is 0 Å². The Morgan fingerprint density at radius 3 is 2.71 bits per heavy atom. The summed E-state index contributed by atoms with van der Waals surface area (Å²) in [7, 11) is 4.06. The summed E-state index contributed by atoms with van der Waals surface area (Å²) in [5.41, 5.74) is 6.86. The fourth-order valence-corrected chi connectivity index (χ4v) is 1.61. The normalized spacial score (nSPS) is 12.2. The summed E-state index contributed by atoms with van der Waals surface area (Å²) in [6, 6.07) is 8.45. The first-order valence-electron chi connectivity index (χ1n) is 6.25. The maximum absolute atomic E-state index is 5.71. The smallest absolute Gasteiger partial charge is 0.121 e. The van der Waals surface area contributed by atoms with Gasteiger partial charge >= 0.3 is 0 Å². The van der Waals surface area contributed by atoms with Gasteiger partial charge in [0, 0.05) is 31.9 Å². The molecule has 17 heavy (non-hydrogen) atoms. The van der Waals surface area contributed by atoms with Gasteiger partial charge in [-0.2, -0.15) is 0 Å². The summed E-state index contributed by atoms with van der Waals surface area (Å²) < 4.78 is 5.71. The second-order valence-electron chi connectivity index (χ2n) is 4.71. The van der Waals surface area contributed by atoms with Gasteiger partial charge in [-0.3, -0.25) is 0 Å². The van der Waals surface area contributed by atoms with E-state index in [4.69, 9.17) is 10.5 Å². The molecule has 1 aromatic rings. The van der Waals surface area contributed by atoms with E-state index in [1.54, 1.807) is 0 Å². The zero-order valence-corrected chi connectivity index (χ0v) is 11.1. The van der Waals surface area contributed by atoms with E-state index in [1.165, 1.54) is 0 Å². The van der Waals surface area contributed by atoms with Crippen molar-refractivity contribution in [2.75, 3.05) is 25.6 Å². The van der Waals surface area contributed by atoms with Crippen molar-refractivity contribution in [2.24, 2.45) is 5.73 Å². The van der Waals surface area contributed by atoms with E-state index < -0.39 is 0 Å². The fraction of sp³-hybridized carbons (Fsp3) is 0.571. The average Bonchev–Trinajstić information content (AvgIpc) is 2.28. The van der Waals surface area contributed by atoms with E-state index in [-0.39, 0.29) is 0 Å². The summed E-state index contributed by atoms with van der Waals surface area (Å²) in [4.78, 5) is 2.07. The Kier molecular flexibility index (Phi) is 5.84. The number of benzene rings is 1. The van der Waals surface area contributed by atoms with Crippen LogP contribution >= 0.6 is 0 Å². The lowest BCUT2D eigenvalue weighted by atomic mass is 10.1. The molecule has 0 heterocycles. The first-order chi connectivity index (χ1) is 8.09. The molecule has 0 aliphatic carbocycles. The highest BCUT2D eigenvalue weighted by Crippen LogP contribution is 2.19. The SMILES string of the molecule is CC(N)CCCCOc1cccc(N(C)C)c1. The lowest BCUT2D eigenvalue weighted by Gasteiger charge is -2.14. The van der Waals surface area contributed by atoms with E-state index in [0.717, 1.165) is 37.3 Å². The van der Waals surface area contributed by atoms with Crippen molar-refractivity contribution in [3.05, 3.63) is 24.3 Å². The van der Waals surface area contributed by atoms with Crippen LogP contribution in [0.2, 0.25) is 0 Å². The molecule has 1 rings (SSSR count). The molecular formula is C14H24N2O. The van der Waals surface area contributed by atoms with Crippen molar-refractivity contribution in [3.63, 3.8) is 0 Å². The van der Waals surface area contributed by atoms with E-state index in [0.29, 0.717) is 6.04 Å². The molecule has 0 saturated carbocycles. The highest BCUT2D eigenvalue weighted by atomic mass is 16.5. The Balaban J connectivity index is 2.29. The van der Waals surface area contributed by atoms with Gasteiger partial charge in [0.15, 0.2) is 0 Å². The summed E-state index contributed by atoms with van der Waals surface area (Å²) in [6.07, 6.45) is 3.26. The van der Waals surface area contributed by atoms with Crippen LogP contribution in [0.5, 0.6) is 5.75 Å². The molecule has 0 aliphatic heterocycles. The molecule has 0 aliphatic rings. The lowest BCUT2D eigenvalue weighted by molar-refractivity contribution is 0.304. The van der Waals surface area contributed by atoms with Crippen LogP contribution in [0.15, 0.2) is 24.3 Å². The molecule has 0 radical (unpaired) electrons. The van der Waals surface area contributed by atoms with Gasteiger partial charge in [0.1, 0.15) is 5.75 Å². The van der Waals surface area contributed by atoms with Crippen molar-refractivity contribution < 1.29 is 4.74 Å².